The highest BCUT2D eigenvalue weighted by molar-refractivity contribution is 9.10. The molecule has 1 aromatic carbocycles. The van der Waals surface area contributed by atoms with E-state index in [2.05, 4.69) is 33.1 Å². The summed E-state index contributed by atoms with van der Waals surface area (Å²) in [5, 5.41) is 2.83. The zero-order chi connectivity index (χ0) is 13.8. The Balaban J connectivity index is 1.92. The van der Waals surface area contributed by atoms with Gasteiger partial charge < -0.3 is 10.2 Å². The molecule has 1 heterocycles. The molecule has 1 atom stereocenters. The lowest BCUT2D eigenvalue weighted by Gasteiger charge is -2.14. The molecule has 0 aliphatic carbocycles. The van der Waals surface area contributed by atoms with E-state index in [1.54, 1.807) is 12.1 Å². The van der Waals surface area contributed by atoms with Crippen molar-refractivity contribution in [3.05, 3.63) is 34.1 Å². The van der Waals surface area contributed by atoms with Crippen LogP contribution in [-0.2, 0) is 0 Å². The maximum atomic E-state index is 13.6. The van der Waals surface area contributed by atoms with Crippen molar-refractivity contribution in [3.63, 3.8) is 0 Å². The minimum atomic E-state index is -0.492. The quantitative estimate of drug-likeness (QED) is 0.921. The standard InChI is InChI=1S/C14H18BrFN2O/c1-2-18-7-6-10(9-18)8-17-14(19)13-11(15)4-3-5-12(13)16/h3-5,10H,2,6-9H2,1H3,(H,17,19). The molecule has 104 valence electrons. The summed E-state index contributed by atoms with van der Waals surface area (Å²) < 4.78 is 14.1. The van der Waals surface area contributed by atoms with Gasteiger partial charge in [-0.3, -0.25) is 4.79 Å². The second-order valence-electron chi connectivity index (χ2n) is 4.85. The Kier molecular flexibility index (Phi) is 4.93. The molecule has 1 aliphatic rings. The summed E-state index contributed by atoms with van der Waals surface area (Å²) in [6.45, 7) is 5.88. The molecule has 1 aromatic rings. The highest BCUT2D eigenvalue weighted by atomic mass is 79.9. The first-order chi connectivity index (χ1) is 9.11. The highest BCUT2D eigenvalue weighted by Crippen LogP contribution is 2.20. The van der Waals surface area contributed by atoms with E-state index in [-0.39, 0.29) is 11.5 Å². The first-order valence-corrected chi connectivity index (χ1v) is 7.35. The lowest BCUT2D eigenvalue weighted by atomic mass is 10.1. The van der Waals surface area contributed by atoms with Gasteiger partial charge in [-0.15, -0.1) is 0 Å². The number of amides is 1. The van der Waals surface area contributed by atoms with Crippen molar-refractivity contribution in [2.45, 2.75) is 13.3 Å². The summed E-state index contributed by atoms with van der Waals surface area (Å²) in [7, 11) is 0. The molecule has 1 saturated heterocycles. The number of hydrogen-bond acceptors (Lipinski definition) is 2. The van der Waals surface area contributed by atoms with Crippen LogP contribution in [0.25, 0.3) is 0 Å². The molecule has 0 spiro atoms. The van der Waals surface area contributed by atoms with Gasteiger partial charge in [-0.1, -0.05) is 13.0 Å². The minimum Gasteiger partial charge on any atom is -0.352 e. The highest BCUT2D eigenvalue weighted by Gasteiger charge is 2.22. The number of hydrogen-bond donors (Lipinski definition) is 1. The molecule has 5 heteroatoms. The molecule has 1 aliphatic heterocycles. The maximum Gasteiger partial charge on any atom is 0.255 e. The third-order valence-electron chi connectivity index (χ3n) is 3.56. The topological polar surface area (TPSA) is 32.3 Å². The number of rotatable bonds is 4. The molecule has 1 amide bonds. The van der Waals surface area contributed by atoms with Crippen LogP contribution in [0, 0.1) is 11.7 Å². The Hall–Kier alpha value is -0.940. The third kappa shape index (κ3) is 3.54. The number of halogens is 2. The van der Waals surface area contributed by atoms with E-state index in [1.165, 1.54) is 6.07 Å². The molecule has 1 unspecified atom stereocenters. The molecule has 0 bridgehead atoms. The van der Waals surface area contributed by atoms with Crippen molar-refractivity contribution in [2.75, 3.05) is 26.2 Å². The van der Waals surface area contributed by atoms with E-state index in [0.717, 1.165) is 26.1 Å². The fourth-order valence-corrected chi connectivity index (χ4v) is 2.93. The van der Waals surface area contributed by atoms with Crippen molar-refractivity contribution in [1.82, 2.24) is 10.2 Å². The van der Waals surface area contributed by atoms with Gasteiger partial charge in [-0.05, 0) is 53.5 Å². The predicted molar refractivity (Wildman–Crippen MR) is 76.7 cm³/mol. The molecule has 19 heavy (non-hydrogen) atoms. The largest absolute Gasteiger partial charge is 0.352 e. The average molecular weight is 329 g/mol. The van der Waals surface area contributed by atoms with Crippen molar-refractivity contribution in [1.29, 1.82) is 0 Å². The average Bonchev–Trinajstić information content (AvgIpc) is 2.84. The molecule has 0 saturated carbocycles. The monoisotopic (exact) mass is 328 g/mol. The van der Waals surface area contributed by atoms with Crippen LogP contribution in [0.15, 0.2) is 22.7 Å². The van der Waals surface area contributed by atoms with E-state index in [9.17, 15) is 9.18 Å². The Bertz CT molecular complexity index is 447. The Morgan fingerprint density at radius 2 is 2.37 bits per heavy atom. The number of benzene rings is 1. The molecule has 1 fully saturated rings. The fraction of sp³-hybridized carbons (Fsp3) is 0.500. The number of nitrogens with one attached hydrogen (secondary N) is 1. The van der Waals surface area contributed by atoms with Gasteiger partial charge >= 0.3 is 0 Å². The van der Waals surface area contributed by atoms with Crippen LogP contribution in [0.3, 0.4) is 0 Å². The molecule has 0 aromatic heterocycles. The molecule has 1 N–H and O–H groups in total. The zero-order valence-electron chi connectivity index (χ0n) is 11.0. The SMILES string of the molecule is CCN1CCC(CNC(=O)c2c(F)cccc2Br)C1. The summed E-state index contributed by atoms with van der Waals surface area (Å²) in [6, 6.07) is 4.55. The summed E-state index contributed by atoms with van der Waals surface area (Å²) in [5.74, 6) is -0.372. The maximum absolute atomic E-state index is 13.6. The van der Waals surface area contributed by atoms with Gasteiger partial charge in [0, 0.05) is 17.6 Å². The second-order valence-corrected chi connectivity index (χ2v) is 5.71. The smallest absolute Gasteiger partial charge is 0.255 e. The van der Waals surface area contributed by atoms with E-state index < -0.39 is 5.82 Å². The Morgan fingerprint density at radius 3 is 3.00 bits per heavy atom. The van der Waals surface area contributed by atoms with Gasteiger partial charge in [0.25, 0.3) is 5.91 Å². The summed E-state index contributed by atoms with van der Waals surface area (Å²) >= 11 is 3.21. The normalized spacial score (nSPS) is 19.6. The molecule has 2 rings (SSSR count). The second kappa shape index (κ2) is 6.48. The van der Waals surface area contributed by atoms with Crippen LogP contribution in [0.1, 0.15) is 23.7 Å². The third-order valence-corrected chi connectivity index (χ3v) is 4.22. The van der Waals surface area contributed by atoms with Crippen LogP contribution in [0.5, 0.6) is 0 Å². The summed E-state index contributed by atoms with van der Waals surface area (Å²) in [6.07, 6.45) is 1.09. The van der Waals surface area contributed by atoms with Gasteiger partial charge in [0.05, 0.1) is 5.56 Å². The van der Waals surface area contributed by atoms with Crippen molar-refractivity contribution in [3.8, 4) is 0 Å². The Morgan fingerprint density at radius 1 is 1.58 bits per heavy atom. The van der Waals surface area contributed by atoms with Crippen LogP contribution >= 0.6 is 15.9 Å². The van der Waals surface area contributed by atoms with Crippen LogP contribution in [0.2, 0.25) is 0 Å². The predicted octanol–water partition coefficient (Wildman–Crippen LogP) is 2.66. The van der Waals surface area contributed by atoms with Crippen molar-refractivity contribution < 1.29 is 9.18 Å². The first kappa shape index (κ1) is 14.5. The molecular formula is C14H18BrFN2O. The lowest BCUT2D eigenvalue weighted by molar-refractivity contribution is 0.0942. The van der Waals surface area contributed by atoms with E-state index in [0.29, 0.717) is 16.9 Å². The number of carbonyl (C=O) groups excluding carboxylic acids is 1. The lowest BCUT2D eigenvalue weighted by Crippen LogP contribution is -2.31. The van der Waals surface area contributed by atoms with E-state index in [4.69, 9.17) is 0 Å². The summed E-state index contributed by atoms with van der Waals surface area (Å²) in [4.78, 5) is 14.4. The zero-order valence-corrected chi connectivity index (χ0v) is 12.5. The van der Waals surface area contributed by atoms with Crippen LogP contribution < -0.4 is 5.32 Å². The summed E-state index contributed by atoms with van der Waals surface area (Å²) in [5.41, 5.74) is 0.0906. The fourth-order valence-electron chi connectivity index (χ4n) is 2.41. The first-order valence-electron chi connectivity index (χ1n) is 6.56. The number of likely N-dealkylation sites (tertiary alicyclic amines) is 1. The Labute approximate surface area is 121 Å². The molecule has 3 nitrogen and oxygen atoms in total. The van der Waals surface area contributed by atoms with Crippen LogP contribution in [0.4, 0.5) is 4.39 Å². The molecule has 0 radical (unpaired) electrons. The molecular weight excluding hydrogens is 311 g/mol. The van der Waals surface area contributed by atoms with E-state index >= 15 is 0 Å². The van der Waals surface area contributed by atoms with Crippen molar-refractivity contribution in [2.24, 2.45) is 5.92 Å². The van der Waals surface area contributed by atoms with Gasteiger partial charge in [0.2, 0.25) is 0 Å². The number of nitrogens with zero attached hydrogens (tertiary/aromatic N) is 1. The van der Waals surface area contributed by atoms with E-state index in [1.807, 2.05) is 0 Å². The van der Waals surface area contributed by atoms with Crippen molar-refractivity contribution >= 4 is 21.8 Å². The van der Waals surface area contributed by atoms with Gasteiger partial charge in [0.1, 0.15) is 5.82 Å². The minimum absolute atomic E-state index is 0.0906. The van der Waals surface area contributed by atoms with Gasteiger partial charge in [-0.2, -0.15) is 0 Å². The number of carbonyl (C=O) groups is 1. The van der Waals surface area contributed by atoms with Crippen LogP contribution in [-0.4, -0.2) is 37.0 Å². The van der Waals surface area contributed by atoms with Gasteiger partial charge in [-0.25, -0.2) is 4.39 Å². The van der Waals surface area contributed by atoms with Gasteiger partial charge in [0.15, 0.2) is 0 Å².